The van der Waals surface area contributed by atoms with Gasteiger partial charge in [-0.2, -0.15) is 0 Å². The summed E-state index contributed by atoms with van der Waals surface area (Å²) >= 11 is 0. The van der Waals surface area contributed by atoms with Gasteiger partial charge in [-0.05, 0) is 18.2 Å². The molecule has 1 heterocycles. The maximum absolute atomic E-state index is 12.0. The van der Waals surface area contributed by atoms with Crippen molar-refractivity contribution in [1.29, 1.82) is 0 Å². The van der Waals surface area contributed by atoms with E-state index in [4.69, 9.17) is 10.2 Å². The van der Waals surface area contributed by atoms with Gasteiger partial charge in [0, 0.05) is 24.4 Å². The molecule has 1 amide bonds. The smallest absolute Gasteiger partial charge is 0.322 e. The van der Waals surface area contributed by atoms with E-state index in [1.54, 1.807) is 6.92 Å². The molecule has 2 rings (SSSR count). The molecule has 1 aromatic heterocycles. The van der Waals surface area contributed by atoms with Crippen molar-refractivity contribution in [2.24, 2.45) is 0 Å². The predicted octanol–water partition coefficient (Wildman–Crippen LogP) is 0.616. The lowest BCUT2D eigenvalue weighted by atomic mass is 10.2. The molecule has 106 valence electrons. The van der Waals surface area contributed by atoms with Crippen molar-refractivity contribution in [2.75, 3.05) is 17.3 Å². The van der Waals surface area contributed by atoms with Crippen LogP contribution in [0.5, 0.6) is 0 Å². The van der Waals surface area contributed by atoms with Crippen LogP contribution < -0.4 is 11.1 Å². The second-order valence-corrected chi connectivity index (χ2v) is 6.16. The van der Waals surface area contributed by atoms with Crippen LogP contribution in [0.1, 0.15) is 16.2 Å². The molecule has 0 unspecified atom stereocenters. The number of rotatable bonds is 3. The molecule has 0 aliphatic rings. The van der Waals surface area contributed by atoms with Crippen molar-refractivity contribution < 1.29 is 17.6 Å². The Balaban J connectivity index is 2.33. The minimum atomic E-state index is -3.46. The summed E-state index contributed by atoms with van der Waals surface area (Å²) in [5, 5.41) is 9.52. The van der Waals surface area contributed by atoms with Crippen molar-refractivity contribution in [3.05, 3.63) is 29.7 Å². The van der Waals surface area contributed by atoms with Crippen LogP contribution >= 0.6 is 0 Å². The minimum Gasteiger partial charge on any atom is -0.408 e. The van der Waals surface area contributed by atoms with Gasteiger partial charge in [-0.25, -0.2) is 8.42 Å². The lowest BCUT2D eigenvalue weighted by Gasteiger charge is -2.05. The molecule has 9 heteroatoms. The third-order valence-corrected chi connectivity index (χ3v) is 3.46. The van der Waals surface area contributed by atoms with E-state index < -0.39 is 15.7 Å². The van der Waals surface area contributed by atoms with Crippen molar-refractivity contribution in [3.8, 4) is 0 Å². The molecule has 0 aliphatic heterocycles. The molecular weight excluding hydrogens is 284 g/mol. The number of benzene rings is 1. The number of sulfone groups is 1. The fourth-order valence-electron chi connectivity index (χ4n) is 1.48. The molecule has 1 aromatic carbocycles. The summed E-state index contributed by atoms with van der Waals surface area (Å²) < 4.78 is 28.0. The van der Waals surface area contributed by atoms with Gasteiger partial charge in [0.1, 0.15) is 0 Å². The van der Waals surface area contributed by atoms with Gasteiger partial charge in [-0.1, -0.05) is 5.10 Å². The molecule has 20 heavy (non-hydrogen) atoms. The van der Waals surface area contributed by atoms with Crippen LogP contribution in [0.15, 0.2) is 27.5 Å². The second kappa shape index (κ2) is 4.93. The summed E-state index contributed by atoms with van der Waals surface area (Å²) in [4.78, 5) is 11.9. The lowest BCUT2D eigenvalue weighted by Crippen LogP contribution is -2.13. The van der Waals surface area contributed by atoms with Gasteiger partial charge in [-0.15, -0.1) is 5.10 Å². The van der Waals surface area contributed by atoms with Crippen LogP contribution in [0.2, 0.25) is 0 Å². The second-order valence-electron chi connectivity index (χ2n) is 4.14. The zero-order valence-corrected chi connectivity index (χ0v) is 11.6. The van der Waals surface area contributed by atoms with E-state index in [0.717, 1.165) is 6.26 Å². The fourth-order valence-corrected chi connectivity index (χ4v) is 2.17. The number of nitrogens with zero attached hydrogens (tertiary/aromatic N) is 2. The summed E-state index contributed by atoms with van der Waals surface area (Å²) in [6.45, 7) is 1.57. The normalized spacial score (nSPS) is 11.3. The number of nitrogen functional groups attached to an aromatic ring is 1. The van der Waals surface area contributed by atoms with Gasteiger partial charge < -0.3 is 10.2 Å². The number of anilines is 2. The number of nitrogens with two attached hydrogens (primary N) is 1. The molecule has 0 fully saturated rings. The largest absolute Gasteiger partial charge is 0.408 e. The Kier molecular flexibility index (Phi) is 3.45. The minimum absolute atomic E-state index is 0.0376. The van der Waals surface area contributed by atoms with Crippen LogP contribution in [0, 0.1) is 6.92 Å². The van der Waals surface area contributed by atoms with Crippen molar-refractivity contribution in [2.45, 2.75) is 11.8 Å². The molecule has 0 radical (unpaired) electrons. The predicted molar refractivity (Wildman–Crippen MR) is 71.0 cm³/mol. The number of hydrogen-bond acceptors (Lipinski definition) is 7. The Morgan fingerprint density at radius 2 is 2.00 bits per heavy atom. The van der Waals surface area contributed by atoms with Crippen molar-refractivity contribution in [3.63, 3.8) is 0 Å². The molecule has 0 saturated heterocycles. The lowest BCUT2D eigenvalue weighted by molar-refractivity contribution is 0.102. The number of nitrogens with one attached hydrogen (secondary N) is 1. The van der Waals surface area contributed by atoms with Gasteiger partial charge in [0.15, 0.2) is 9.84 Å². The van der Waals surface area contributed by atoms with Crippen LogP contribution in [-0.2, 0) is 9.84 Å². The van der Waals surface area contributed by atoms with Gasteiger partial charge in [-0.3, -0.25) is 10.1 Å². The van der Waals surface area contributed by atoms with Crippen LogP contribution in [0.3, 0.4) is 0 Å². The Morgan fingerprint density at radius 1 is 1.30 bits per heavy atom. The van der Waals surface area contributed by atoms with Crippen molar-refractivity contribution >= 4 is 27.4 Å². The highest BCUT2D eigenvalue weighted by Crippen LogP contribution is 2.18. The standard InChI is InChI=1S/C11H12N4O4S/c1-6-14-15-11(19-6)13-10(16)7-3-8(12)5-9(4-7)20(2,17)18/h3-5H,12H2,1-2H3,(H,13,15,16). The highest BCUT2D eigenvalue weighted by Gasteiger charge is 2.15. The van der Waals surface area contributed by atoms with Gasteiger partial charge in [0.2, 0.25) is 5.89 Å². The molecule has 2 aromatic rings. The van der Waals surface area contributed by atoms with E-state index in [9.17, 15) is 13.2 Å². The molecular formula is C11H12N4O4S. The molecule has 0 bridgehead atoms. The Bertz CT molecular complexity index is 766. The van der Waals surface area contributed by atoms with Crippen LogP contribution in [0.4, 0.5) is 11.7 Å². The number of aryl methyl sites for hydroxylation is 1. The number of carbonyl (C=O) groups is 1. The van der Waals surface area contributed by atoms with Crippen molar-refractivity contribution in [1.82, 2.24) is 10.2 Å². The molecule has 0 spiro atoms. The van der Waals surface area contributed by atoms with E-state index in [2.05, 4.69) is 15.5 Å². The Morgan fingerprint density at radius 3 is 2.55 bits per heavy atom. The molecule has 0 saturated carbocycles. The first kappa shape index (κ1) is 14.0. The average Bonchev–Trinajstić information content (AvgIpc) is 2.72. The summed E-state index contributed by atoms with van der Waals surface area (Å²) in [5.74, 6) is -0.296. The average molecular weight is 296 g/mol. The van der Waals surface area contributed by atoms with E-state index in [-0.39, 0.29) is 22.2 Å². The highest BCUT2D eigenvalue weighted by molar-refractivity contribution is 7.90. The number of hydrogen-bond donors (Lipinski definition) is 2. The molecule has 0 aliphatic carbocycles. The van der Waals surface area contributed by atoms with Crippen LogP contribution in [0.25, 0.3) is 0 Å². The van der Waals surface area contributed by atoms with E-state index in [1.807, 2.05) is 0 Å². The number of aromatic nitrogens is 2. The third kappa shape index (κ3) is 3.12. The van der Waals surface area contributed by atoms with Crippen LogP contribution in [-0.4, -0.2) is 30.8 Å². The topological polar surface area (TPSA) is 128 Å². The monoisotopic (exact) mass is 296 g/mol. The van der Waals surface area contributed by atoms with E-state index >= 15 is 0 Å². The van der Waals surface area contributed by atoms with E-state index in [1.165, 1.54) is 18.2 Å². The molecule has 3 N–H and O–H groups in total. The van der Waals surface area contributed by atoms with E-state index in [0.29, 0.717) is 5.89 Å². The summed E-state index contributed by atoms with van der Waals surface area (Å²) in [6, 6.07) is 3.79. The quantitative estimate of drug-likeness (QED) is 0.794. The number of carbonyl (C=O) groups excluding carboxylic acids is 1. The zero-order chi connectivity index (χ0) is 14.9. The summed E-state index contributed by atoms with van der Waals surface area (Å²) in [7, 11) is -3.46. The first-order valence-corrected chi connectivity index (χ1v) is 7.37. The first-order valence-electron chi connectivity index (χ1n) is 5.48. The fraction of sp³-hybridized carbons (Fsp3) is 0.182. The molecule has 8 nitrogen and oxygen atoms in total. The Hall–Kier alpha value is -2.42. The van der Waals surface area contributed by atoms with Gasteiger partial charge in [0.25, 0.3) is 5.91 Å². The zero-order valence-electron chi connectivity index (χ0n) is 10.7. The third-order valence-electron chi connectivity index (χ3n) is 2.37. The molecule has 0 atom stereocenters. The Labute approximate surface area is 114 Å². The summed E-state index contributed by atoms with van der Waals surface area (Å²) in [6.07, 6.45) is 1.03. The van der Waals surface area contributed by atoms with Gasteiger partial charge in [0.05, 0.1) is 4.90 Å². The summed E-state index contributed by atoms with van der Waals surface area (Å²) in [5.41, 5.74) is 5.85. The highest BCUT2D eigenvalue weighted by atomic mass is 32.2. The van der Waals surface area contributed by atoms with Gasteiger partial charge >= 0.3 is 6.01 Å². The first-order chi connectivity index (χ1) is 9.25. The number of amides is 1. The maximum atomic E-state index is 12.0. The SMILES string of the molecule is Cc1nnc(NC(=O)c2cc(N)cc(S(C)(=O)=O)c2)o1. The maximum Gasteiger partial charge on any atom is 0.322 e.